The van der Waals surface area contributed by atoms with Gasteiger partial charge in [-0.05, 0) is 51.5 Å². The van der Waals surface area contributed by atoms with Crippen LogP contribution in [0.5, 0.6) is 0 Å². The Bertz CT molecular complexity index is 608. The zero-order valence-electron chi connectivity index (χ0n) is 11.0. The van der Waals surface area contributed by atoms with Gasteiger partial charge in [0.25, 0.3) is 0 Å². The van der Waals surface area contributed by atoms with Gasteiger partial charge in [0.15, 0.2) is 0 Å². The number of aromatic nitrogens is 1. The summed E-state index contributed by atoms with van der Waals surface area (Å²) in [6, 6.07) is 4.34. The normalized spacial score (nSPS) is 11.8. The molecule has 2 rings (SSSR count). The number of halogens is 1. The molecular weight excluding hydrogens is 233 g/mol. The second-order valence-electron chi connectivity index (χ2n) is 5.32. The summed E-state index contributed by atoms with van der Waals surface area (Å²) in [6.07, 6.45) is 1.21. The van der Waals surface area contributed by atoms with Crippen LogP contribution in [0.1, 0.15) is 26.3 Å². The van der Waals surface area contributed by atoms with Crippen LogP contribution in [0.3, 0.4) is 0 Å². The first kappa shape index (κ1) is 12.6. The molecule has 0 spiro atoms. The summed E-state index contributed by atoms with van der Waals surface area (Å²) in [6.45, 7) is 7.26. The van der Waals surface area contributed by atoms with E-state index in [9.17, 15) is 9.18 Å². The van der Waals surface area contributed by atoms with E-state index in [-0.39, 0.29) is 5.82 Å². The summed E-state index contributed by atoms with van der Waals surface area (Å²) >= 11 is 0. The Morgan fingerprint density at radius 3 is 2.61 bits per heavy atom. The number of aryl methyl sites for hydroxylation is 1. The highest BCUT2D eigenvalue weighted by molar-refractivity contribution is 5.91. The molecule has 0 unspecified atom stereocenters. The summed E-state index contributed by atoms with van der Waals surface area (Å²) in [5.41, 5.74) is 0.945. The molecule has 1 heterocycles. The highest BCUT2D eigenvalue weighted by Gasteiger charge is 2.19. The van der Waals surface area contributed by atoms with Crippen LogP contribution in [-0.4, -0.2) is 16.3 Å². The topological polar surface area (TPSA) is 31.2 Å². The van der Waals surface area contributed by atoms with Crippen LogP contribution < -0.4 is 0 Å². The molecule has 0 saturated carbocycles. The second-order valence-corrected chi connectivity index (χ2v) is 5.32. The Hall–Kier alpha value is -1.84. The number of hydrogen-bond donors (Lipinski definition) is 0. The lowest BCUT2D eigenvalue weighted by Gasteiger charge is -2.19. The fraction of sp³-hybridized carbons (Fsp3) is 0.357. The molecule has 0 bridgehead atoms. The first-order valence-corrected chi connectivity index (χ1v) is 5.78. The Morgan fingerprint density at radius 2 is 2.00 bits per heavy atom. The fourth-order valence-electron chi connectivity index (χ4n) is 1.83. The number of rotatable bonds is 0. The van der Waals surface area contributed by atoms with Crippen LogP contribution in [0.4, 0.5) is 9.18 Å². The number of benzene rings is 1. The van der Waals surface area contributed by atoms with Crippen LogP contribution in [-0.2, 0) is 4.74 Å². The summed E-state index contributed by atoms with van der Waals surface area (Å²) in [5, 5.41) is 0.723. The minimum absolute atomic E-state index is 0.312. The molecule has 18 heavy (non-hydrogen) atoms. The second kappa shape index (κ2) is 4.12. The van der Waals surface area contributed by atoms with Gasteiger partial charge in [0.2, 0.25) is 0 Å². The zero-order valence-corrected chi connectivity index (χ0v) is 11.0. The predicted molar refractivity (Wildman–Crippen MR) is 68.3 cm³/mol. The van der Waals surface area contributed by atoms with Crippen LogP contribution in [0, 0.1) is 12.7 Å². The molecule has 0 N–H and O–H groups in total. The Morgan fingerprint density at radius 1 is 1.33 bits per heavy atom. The van der Waals surface area contributed by atoms with Crippen molar-refractivity contribution in [1.29, 1.82) is 0 Å². The number of fused-ring (bicyclic) bond motifs is 1. The molecule has 0 aliphatic heterocycles. The van der Waals surface area contributed by atoms with E-state index in [1.54, 1.807) is 12.3 Å². The lowest BCUT2D eigenvalue weighted by Crippen LogP contribution is -2.26. The quantitative estimate of drug-likeness (QED) is 0.709. The van der Waals surface area contributed by atoms with E-state index in [0.717, 1.165) is 10.9 Å². The van der Waals surface area contributed by atoms with Gasteiger partial charge in [0.1, 0.15) is 11.4 Å². The van der Waals surface area contributed by atoms with Crippen molar-refractivity contribution in [3.05, 3.63) is 35.8 Å². The molecule has 96 valence electrons. The van der Waals surface area contributed by atoms with Gasteiger partial charge >= 0.3 is 6.09 Å². The lowest BCUT2D eigenvalue weighted by molar-refractivity contribution is 0.0544. The van der Waals surface area contributed by atoms with E-state index in [1.807, 2.05) is 27.7 Å². The van der Waals surface area contributed by atoms with E-state index >= 15 is 0 Å². The molecule has 2 aromatic rings. The molecular formula is C14H16FNO2. The average Bonchev–Trinajstić information content (AvgIpc) is 2.54. The Kier molecular flexibility index (Phi) is 2.89. The van der Waals surface area contributed by atoms with E-state index in [0.29, 0.717) is 5.52 Å². The average molecular weight is 249 g/mol. The monoisotopic (exact) mass is 249 g/mol. The van der Waals surface area contributed by atoms with Crippen molar-refractivity contribution in [2.75, 3.05) is 0 Å². The largest absolute Gasteiger partial charge is 0.443 e. The van der Waals surface area contributed by atoms with Gasteiger partial charge in [-0.25, -0.2) is 9.18 Å². The van der Waals surface area contributed by atoms with Crippen molar-refractivity contribution in [1.82, 2.24) is 4.57 Å². The number of nitrogens with zero attached hydrogens (tertiary/aromatic N) is 1. The molecule has 0 atom stereocenters. The summed E-state index contributed by atoms with van der Waals surface area (Å²) in [7, 11) is 0. The Balaban J connectivity index is 2.49. The van der Waals surface area contributed by atoms with Crippen molar-refractivity contribution in [3.63, 3.8) is 0 Å². The summed E-state index contributed by atoms with van der Waals surface area (Å²) in [4.78, 5) is 12.0. The van der Waals surface area contributed by atoms with E-state index in [1.165, 1.54) is 16.7 Å². The third-order valence-electron chi connectivity index (χ3n) is 2.56. The van der Waals surface area contributed by atoms with Crippen LogP contribution >= 0.6 is 0 Å². The number of hydrogen-bond acceptors (Lipinski definition) is 2. The molecule has 0 fully saturated rings. The van der Waals surface area contributed by atoms with Crippen LogP contribution in [0.2, 0.25) is 0 Å². The van der Waals surface area contributed by atoms with Gasteiger partial charge in [0.05, 0.1) is 5.52 Å². The SMILES string of the molecule is Cc1cn(C(=O)OC(C)(C)C)c2ccc(F)cc12. The number of ether oxygens (including phenoxy) is 1. The molecule has 1 aromatic heterocycles. The first-order chi connectivity index (χ1) is 8.28. The van der Waals surface area contributed by atoms with Gasteiger partial charge in [-0.2, -0.15) is 0 Å². The van der Waals surface area contributed by atoms with Crippen molar-refractivity contribution in [3.8, 4) is 0 Å². The smallest absolute Gasteiger partial charge is 0.418 e. The van der Waals surface area contributed by atoms with Gasteiger partial charge in [-0.1, -0.05) is 0 Å². The minimum atomic E-state index is -0.554. The maximum absolute atomic E-state index is 13.2. The maximum Gasteiger partial charge on any atom is 0.418 e. The van der Waals surface area contributed by atoms with E-state index in [2.05, 4.69) is 0 Å². The first-order valence-electron chi connectivity index (χ1n) is 5.78. The molecule has 3 nitrogen and oxygen atoms in total. The predicted octanol–water partition coefficient (Wildman–Crippen LogP) is 3.87. The highest BCUT2D eigenvalue weighted by Crippen LogP contribution is 2.23. The zero-order chi connectivity index (χ0) is 13.5. The molecule has 4 heteroatoms. The standard InChI is InChI=1S/C14H16FNO2/c1-9-8-16(13(17)18-14(2,3)4)12-6-5-10(15)7-11(9)12/h5-8H,1-4H3. The number of carbonyl (C=O) groups excluding carboxylic acids is 1. The van der Waals surface area contributed by atoms with E-state index in [4.69, 9.17) is 4.74 Å². The van der Waals surface area contributed by atoms with Gasteiger partial charge in [-0.3, -0.25) is 4.57 Å². The summed E-state index contributed by atoms with van der Waals surface area (Å²) < 4.78 is 19.9. The Labute approximate surface area is 105 Å². The number of carbonyl (C=O) groups is 1. The third-order valence-corrected chi connectivity index (χ3v) is 2.56. The minimum Gasteiger partial charge on any atom is -0.443 e. The fourth-order valence-corrected chi connectivity index (χ4v) is 1.83. The third kappa shape index (κ3) is 2.37. The summed E-state index contributed by atoms with van der Waals surface area (Å²) in [5.74, 6) is -0.312. The molecule has 0 amide bonds. The highest BCUT2D eigenvalue weighted by atomic mass is 19.1. The molecule has 0 saturated heterocycles. The van der Waals surface area contributed by atoms with Crippen LogP contribution in [0.25, 0.3) is 10.9 Å². The maximum atomic E-state index is 13.2. The van der Waals surface area contributed by atoms with Gasteiger partial charge in [0, 0.05) is 11.6 Å². The van der Waals surface area contributed by atoms with Crippen molar-refractivity contribution < 1.29 is 13.9 Å². The molecule has 0 radical (unpaired) electrons. The molecule has 0 aliphatic carbocycles. The van der Waals surface area contributed by atoms with E-state index < -0.39 is 11.7 Å². The van der Waals surface area contributed by atoms with Crippen molar-refractivity contribution in [2.24, 2.45) is 0 Å². The van der Waals surface area contributed by atoms with Crippen LogP contribution in [0.15, 0.2) is 24.4 Å². The lowest BCUT2D eigenvalue weighted by atomic mass is 10.2. The van der Waals surface area contributed by atoms with Crippen molar-refractivity contribution >= 4 is 17.0 Å². The van der Waals surface area contributed by atoms with Crippen molar-refractivity contribution in [2.45, 2.75) is 33.3 Å². The van der Waals surface area contributed by atoms with Gasteiger partial charge < -0.3 is 4.74 Å². The molecule has 1 aromatic carbocycles. The molecule has 0 aliphatic rings. The van der Waals surface area contributed by atoms with Gasteiger partial charge in [-0.15, -0.1) is 0 Å².